The van der Waals surface area contributed by atoms with E-state index in [1.165, 1.54) is 30.2 Å². The van der Waals surface area contributed by atoms with Gasteiger partial charge in [-0.3, -0.25) is 4.99 Å². The Kier molecular flexibility index (Phi) is 3.37. The molecule has 0 radical (unpaired) electrons. The van der Waals surface area contributed by atoms with Crippen LogP contribution in [0.5, 0.6) is 0 Å². The summed E-state index contributed by atoms with van der Waals surface area (Å²) in [7, 11) is 0. The van der Waals surface area contributed by atoms with Gasteiger partial charge in [0.15, 0.2) is 5.17 Å². The van der Waals surface area contributed by atoms with Crippen molar-refractivity contribution in [3.8, 4) is 0 Å². The number of hydrogen-bond donors (Lipinski definition) is 1. The Morgan fingerprint density at radius 1 is 1.50 bits per heavy atom. The highest BCUT2D eigenvalue weighted by atomic mass is 32.2. The van der Waals surface area contributed by atoms with Gasteiger partial charge in [-0.1, -0.05) is 25.1 Å². The first kappa shape index (κ1) is 10.3. The Balaban J connectivity index is 1.88. The summed E-state index contributed by atoms with van der Waals surface area (Å²) in [4.78, 5) is 4.76. The molecule has 0 amide bonds. The van der Waals surface area contributed by atoms with Crippen LogP contribution in [0.1, 0.15) is 33.1 Å². The first-order valence-electron chi connectivity index (χ1n) is 5.74. The fraction of sp³-hybridized carbons (Fsp3) is 0.909. The van der Waals surface area contributed by atoms with Gasteiger partial charge < -0.3 is 5.32 Å². The molecule has 2 aliphatic rings. The molecule has 1 aliphatic heterocycles. The number of hydrogen-bond acceptors (Lipinski definition) is 3. The van der Waals surface area contributed by atoms with Gasteiger partial charge in [-0.15, -0.1) is 0 Å². The normalized spacial score (nSPS) is 37.3. The molecule has 14 heavy (non-hydrogen) atoms. The lowest BCUT2D eigenvalue weighted by Gasteiger charge is -2.13. The van der Waals surface area contributed by atoms with Crippen molar-refractivity contribution in [3.63, 3.8) is 0 Å². The van der Waals surface area contributed by atoms with E-state index in [-0.39, 0.29) is 0 Å². The van der Waals surface area contributed by atoms with Crippen LogP contribution in [0.2, 0.25) is 0 Å². The highest BCUT2D eigenvalue weighted by Gasteiger charge is 2.31. The molecule has 3 atom stereocenters. The van der Waals surface area contributed by atoms with Crippen LogP contribution >= 0.6 is 11.8 Å². The van der Waals surface area contributed by atoms with Gasteiger partial charge in [0.25, 0.3) is 0 Å². The number of rotatable bonds is 2. The molecule has 1 heterocycles. The molecule has 0 spiro atoms. The quantitative estimate of drug-likeness (QED) is 0.760. The highest BCUT2D eigenvalue weighted by Crippen LogP contribution is 2.37. The molecule has 1 fully saturated rings. The molecular formula is C11H20N2S. The van der Waals surface area contributed by atoms with Crippen LogP contribution in [-0.2, 0) is 0 Å². The van der Waals surface area contributed by atoms with Gasteiger partial charge >= 0.3 is 0 Å². The minimum absolute atomic E-state index is 0.610. The van der Waals surface area contributed by atoms with Crippen molar-refractivity contribution in [2.75, 3.05) is 12.3 Å². The number of nitrogens with one attached hydrogen (secondary N) is 1. The van der Waals surface area contributed by atoms with Crippen molar-refractivity contribution < 1.29 is 0 Å². The van der Waals surface area contributed by atoms with Crippen molar-refractivity contribution >= 4 is 16.9 Å². The van der Waals surface area contributed by atoms with Crippen LogP contribution in [0.25, 0.3) is 0 Å². The van der Waals surface area contributed by atoms with Gasteiger partial charge in [0, 0.05) is 12.3 Å². The lowest BCUT2D eigenvalue weighted by molar-refractivity contribution is 0.450. The zero-order valence-corrected chi connectivity index (χ0v) is 9.94. The summed E-state index contributed by atoms with van der Waals surface area (Å²) >= 11 is 1.90. The van der Waals surface area contributed by atoms with Gasteiger partial charge in [-0.2, -0.15) is 0 Å². The van der Waals surface area contributed by atoms with Crippen LogP contribution in [-0.4, -0.2) is 23.5 Å². The first-order chi connectivity index (χ1) is 6.79. The number of amidine groups is 1. The standard InChI is InChI=1S/C11H20N2S/c1-3-12-11-13-10(7-14-11)9-5-4-8(2)6-9/h8-10H,3-7H2,1-2H3,(H,12,13)/t8-,9+,10?/m0/s1. The summed E-state index contributed by atoms with van der Waals surface area (Å²) in [6.07, 6.45) is 4.21. The summed E-state index contributed by atoms with van der Waals surface area (Å²) in [5.41, 5.74) is 0. The van der Waals surface area contributed by atoms with Crippen LogP contribution < -0.4 is 5.32 Å². The average molecular weight is 212 g/mol. The van der Waals surface area contributed by atoms with Gasteiger partial charge in [0.2, 0.25) is 0 Å². The fourth-order valence-corrected chi connectivity index (χ4v) is 3.61. The molecule has 1 N–H and O–H groups in total. The zero-order valence-electron chi connectivity index (χ0n) is 9.12. The Morgan fingerprint density at radius 2 is 2.36 bits per heavy atom. The van der Waals surface area contributed by atoms with E-state index in [9.17, 15) is 0 Å². The fourth-order valence-electron chi connectivity index (χ4n) is 2.48. The van der Waals surface area contributed by atoms with Gasteiger partial charge in [0.05, 0.1) is 6.04 Å². The van der Waals surface area contributed by atoms with Gasteiger partial charge in [0.1, 0.15) is 0 Å². The molecule has 1 aliphatic carbocycles. The van der Waals surface area contributed by atoms with E-state index in [2.05, 4.69) is 19.2 Å². The van der Waals surface area contributed by atoms with Crippen molar-refractivity contribution in [2.24, 2.45) is 16.8 Å². The topological polar surface area (TPSA) is 24.4 Å². The zero-order chi connectivity index (χ0) is 9.97. The van der Waals surface area contributed by atoms with Crippen molar-refractivity contribution in [3.05, 3.63) is 0 Å². The molecule has 80 valence electrons. The van der Waals surface area contributed by atoms with Gasteiger partial charge in [-0.25, -0.2) is 0 Å². The van der Waals surface area contributed by atoms with E-state index >= 15 is 0 Å². The third-order valence-electron chi connectivity index (χ3n) is 3.28. The molecule has 2 nitrogen and oxygen atoms in total. The van der Waals surface area contributed by atoms with Crippen molar-refractivity contribution in [1.82, 2.24) is 5.32 Å². The summed E-state index contributed by atoms with van der Waals surface area (Å²) in [6.45, 7) is 5.50. The lowest BCUT2D eigenvalue weighted by Crippen LogP contribution is -2.19. The van der Waals surface area contributed by atoms with Crippen LogP contribution in [0.15, 0.2) is 4.99 Å². The van der Waals surface area contributed by atoms with E-state index < -0.39 is 0 Å². The molecule has 0 saturated heterocycles. The minimum atomic E-state index is 0.610. The van der Waals surface area contributed by atoms with Crippen LogP contribution in [0, 0.1) is 11.8 Å². The number of aliphatic imine (C=N–C) groups is 1. The maximum atomic E-state index is 4.76. The van der Waals surface area contributed by atoms with E-state index in [4.69, 9.17) is 4.99 Å². The summed E-state index contributed by atoms with van der Waals surface area (Å²) < 4.78 is 0. The van der Waals surface area contributed by atoms with E-state index in [1.54, 1.807) is 0 Å². The van der Waals surface area contributed by atoms with Gasteiger partial charge in [-0.05, 0) is 31.6 Å². The maximum Gasteiger partial charge on any atom is 0.156 e. The number of nitrogens with zero attached hydrogens (tertiary/aromatic N) is 1. The SMILES string of the molecule is CCNC1=NC([C@@H]2CC[C@H](C)C2)CS1. The second-order valence-corrected chi connectivity index (χ2v) is 5.53. The lowest BCUT2D eigenvalue weighted by atomic mass is 9.99. The predicted molar refractivity (Wildman–Crippen MR) is 63.9 cm³/mol. The summed E-state index contributed by atoms with van der Waals surface area (Å²) in [5, 5.41) is 4.50. The molecule has 2 rings (SSSR count). The molecule has 1 unspecified atom stereocenters. The summed E-state index contributed by atoms with van der Waals surface area (Å²) in [6, 6.07) is 0.610. The summed E-state index contributed by atoms with van der Waals surface area (Å²) in [5.74, 6) is 3.01. The Bertz CT molecular complexity index is 227. The largest absolute Gasteiger partial charge is 0.365 e. The van der Waals surface area contributed by atoms with Crippen LogP contribution in [0.3, 0.4) is 0 Å². The second-order valence-electron chi connectivity index (χ2n) is 4.52. The average Bonchev–Trinajstić information content (AvgIpc) is 2.74. The van der Waals surface area contributed by atoms with E-state index in [0.717, 1.165) is 18.4 Å². The Morgan fingerprint density at radius 3 is 3.00 bits per heavy atom. The van der Waals surface area contributed by atoms with Crippen LogP contribution in [0.4, 0.5) is 0 Å². The van der Waals surface area contributed by atoms with Crippen molar-refractivity contribution in [1.29, 1.82) is 0 Å². The van der Waals surface area contributed by atoms with Crippen molar-refractivity contribution in [2.45, 2.75) is 39.2 Å². The van der Waals surface area contributed by atoms with E-state index in [1.807, 2.05) is 11.8 Å². The molecule has 3 heteroatoms. The predicted octanol–water partition coefficient (Wildman–Crippen LogP) is 2.50. The van der Waals surface area contributed by atoms with E-state index in [0.29, 0.717) is 6.04 Å². The maximum absolute atomic E-state index is 4.76. The highest BCUT2D eigenvalue weighted by molar-refractivity contribution is 8.14. The molecule has 0 aromatic carbocycles. The Labute approximate surface area is 90.9 Å². The molecular weight excluding hydrogens is 192 g/mol. The minimum Gasteiger partial charge on any atom is -0.365 e. The molecule has 0 aromatic heterocycles. The second kappa shape index (κ2) is 4.56. The molecule has 0 aromatic rings. The first-order valence-corrected chi connectivity index (χ1v) is 6.72. The smallest absolute Gasteiger partial charge is 0.156 e. The number of thioether (sulfide) groups is 1. The third-order valence-corrected chi connectivity index (χ3v) is 4.31. The third kappa shape index (κ3) is 2.25. The monoisotopic (exact) mass is 212 g/mol. The Hall–Kier alpha value is -0.180. The molecule has 1 saturated carbocycles. The molecule has 0 bridgehead atoms.